The van der Waals surface area contributed by atoms with Gasteiger partial charge in [0.25, 0.3) is 0 Å². The number of rotatable bonds is 21. The topological polar surface area (TPSA) is 259 Å². The van der Waals surface area contributed by atoms with Crippen LogP contribution in [-0.2, 0) is 41.6 Å². The first-order valence-electron chi connectivity index (χ1n) is 17.0. The highest BCUT2D eigenvalue weighted by Gasteiger charge is 2.33. The molecule has 276 valence electrons. The third-order valence-electron chi connectivity index (χ3n) is 8.28. The standard InChI is InChI=1S/C36H49N7O8/c1-21(2)16-28(33(47)40-27(36(50)51)14-8-9-15-37)42-34(48)29(18-23-20-39-26-13-7-6-12-24(23)26)43-35(49)30(19-31(44)45)41-32(46)25(38)17-22-10-4-3-5-11-22/h3-7,10-13,20-21,25,27-30,39H,8-9,14-19,37-38H2,1-2H3,(H,40,47)(H,41,46)(H,42,48)(H,43,49)(H,44,45)(H,50,51)/t25-,27-,28-,29-,30-/m0/s1. The summed E-state index contributed by atoms with van der Waals surface area (Å²) in [6.45, 7) is 4.03. The van der Waals surface area contributed by atoms with E-state index in [0.717, 1.165) is 16.5 Å². The minimum absolute atomic E-state index is 0.0737. The summed E-state index contributed by atoms with van der Waals surface area (Å²) in [5, 5.41) is 30.3. The average Bonchev–Trinajstić information content (AvgIpc) is 3.49. The molecular formula is C36H49N7O8. The first-order chi connectivity index (χ1) is 24.3. The van der Waals surface area contributed by atoms with Gasteiger partial charge in [-0.25, -0.2) is 4.79 Å². The van der Waals surface area contributed by atoms with Gasteiger partial charge in [-0.05, 0) is 61.8 Å². The number of carboxylic acids is 2. The number of hydrogen-bond donors (Lipinski definition) is 9. The van der Waals surface area contributed by atoms with Gasteiger partial charge < -0.3 is 47.9 Å². The molecule has 0 aliphatic carbocycles. The number of aromatic amines is 1. The van der Waals surface area contributed by atoms with Gasteiger partial charge in [-0.2, -0.15) is 0 Å². The molecule has 0 unspecified atom stereocenters. The van der Waals surface area contributed by atoms with Crippen LogP contribution in [0.4, 0.5) is 0 Å². The molecule has 15 heteroatoms. The van der Waals surface area contributed by atoms with Crippen molar-refractivity contribution in [2.75, 3.05) is 6.54 Å². The van der Waals surface area contributed by atoms with Gasteiger partial charge in [0, 0.05) is 23.5 Å². The number of nitrogens with one attached hydrogen (secondary N) is 5. The highest BCUT2D eigenvalue weighted by atomic mass is 16.4. The van der Waals surface area contributed by atoms with Crippen molar-refractivity contribution in [2.45, 2.75) is 89.0 Å². The number of carbonyl (C=O) groups excluding carboxylic acids is 4. The lowest BCUT2D eigenvalue weighted by Gasteiger charge is -2.27. The van der Waals surface area contributed by atoms with E-state index >= 15 is 0 Å². The van der Waals surface area contributed by atoms with Crippen LogP contribution in [0.3, 0.4) is 0 Å². The molecule has 0 bridgehead atoms. The fourth-order valence-electron chi connectivity index (χ4n) is 5.62. The predicted octanol–water partition coefficient (Wildman–Crippen LogP) is 0.954. The van der Waals surface area contributed by atoms with Crippen LogP contribution in [0.15, 0.2) is 60.8 Å². The van der Waals surface area contributed by atoms with Crippen molar-refractivity contribution in [3.05, 3.63) is 71.9 Å². The number of H-pyrrole nitrogens is 1. The van der Waals surface area contributed by atoms with Gasteiger partial charge in [-0.3, -0.25) is 24.0 Å². The second-order valence-corrected chi connectivity index (χ2v) is 13.0. The van der Waals surface area contributed by atoms with Crippen LogP contribution in [-0.4, -0.2) is 87.5 Å². The summed E-state index contributed by atoms with van der Waals surface area (Å²) in [7, 11) is 0. The van der Waals surface area contributed by atoms with Crippen molar-refractivity contribution in [2.24, 2.45) is 17.4 Å². The van der Waals surface area contributed by atoms with Crippen LogP contribution < -0.4 is 32.7 Å². The van der Waals surface area contributed by atoms with Crippen molar-refractivity contribution >= 4 is 46.5 Å². The quantitative estimate of drug-likeness (QED) is 0.0708. The normalized spacial score (nSPS) is 14.1. The highest BCUT2D eigenvalue weighted by Crippen LogP contribution is 2.20. The Balaban J connectivity index is 1.86. The number of amides is 4. The molecule has 4 amide bonds. The van der Waals surface area contributed by atoms with Crippen LogP contribution in [0.5, 0.6) is 0 Å². The minimum Gasteiger partial charge on any atom is -0.481 e. The van der Waals surface area contributed by atoms with E-state index in [4.69, 9.17) is 11.5 Å². The maximum absolute atomic E-state index is 14.0. The van der Waals surface area contributed by atoms with Crippen molar-refractivity contribution in [3.8, 4) is 0 Å². The van der Waals surface area contributed by atoms with Crippen LogP contribution in [0, 0.1) is 5.92 Å². The summed E-state index contributed by atoms with van der Waals surface area (Å²) in [5.74, 6) is -5.89. The van der Waals surface area contributed by atoms with Crippen molar-refractivity contribution in [3.63, 3.8) is 0 Å². The average molecular weight is 708 g/mol. The predicted molar refractivity (Wildman–Crippen MR) is 190 cm³/mol. The monoisotopic (exact) mass is 707 g/mol. The van der Waals surface area contributed by atoms with Crippen LogP contribution >= 0.6 is 0 Å². The molecule has 1 aromatic heterocycles. The molecule has 3 rings (SSSR count). The fourth-order valence-corrected chi connectivity index (χ4v) is 5.62. The number of hydrogen-bond acceptors (Lipinski definition) is 8. The molecule has 0 fully saturated rings. The van der Waals surface area contributed by atoms with Gasteiger partial charge in [-0.1, -0.05) is 62.4 Å². The molecule has 3 aromatic rings. The van der Waals surface area contributed by atoms with E-state index in [1.54, 1.807) is 42.6 Å². The number of carbonyl (C=O) groups is 6. The Morgan fingerprint density at radius 3 is 1.96 bits per heavy atom. The second-order valence-electron chi connectivity index (χ2n) is 13.0. The second kappa shape index (κ2) is 19.8. The lowest BCUT2D eigenvalue weighted by Crippen LogP contribution is -2.59. The third kappa shape index (κ3) is 12.8. The van der Waals surface area contributed by atoms with E-state index in [-0.39, 0.29) is 31.6 Å². The maximum Gasteiger partial charge on any atom is 0.326 e. The van der Waals surface area contributed by atoms with Crippen LogP contribution in [0.2, 0.25) is 0 Å². The van der Waals surface area contributed by atoms with Gasteiger partial charge in [0.05, 0.1) is 12.5 Å². The number of carboxylic acid groups (broad SMARTS) is 2. The van der Waals surface area contributed by atoms with E-state index in [2.05, 4.69) is 26.3 Å². The number of fused-ring (bicyclic) bond motifs is 1. The number of benzene rings is 2. The lowest BCUT2D eigenvalue weighted by molar-refractivity contribution is -0.142. The Hall–Kier alpha value is -5.28. The highest BCUT2D eigenvalue weighted by molar-refractivity contribution is 5.97. The first kappa shape index (κ1) is 40.2. The minimum atomic E-state index is -1.59. The maximum atomic E-state index is 14.0. The Labute approximate surface area is 296 Å². The molecular weight excluding hydrogens is 658 g/mol. The molecule has 2 aromatic carbocycles. The summed E-state index contributed by atoms with van der Waals surface area (Å²) in [6.07, 6.45) is 2.28. The number of aromatic nitrogens is 1. The molecule has 0 aliphatic heterocycles. The molecule has 15 nitrogen and oxygen atoms in total. The summed E-state index contributed by atoms with van der Waals surface area (Å²) in [6, 6.07) is 9.81. The van der Waals surface area contributed by atoms with Gasteiger partial charge in [-0.15, -0.1) is 0 Å². The smallest absolute Gasteiger partial charge is 0.326 e. The van der Waals surface area contributed by atoms with Gasteiger partial charge in [0.15, 0.2) is 0 Å². The number of aliphatic carboxylic acids is 2. The van der Waals surface area contributed by atoms with Crippen molar-refractivity contribution < 1.29 is 39.0 Å². The molecule has 5 atom stereocenters. The summed E-state index contributed by atoms with van der Waals surface area (Å²) in [4.78, 5) is 80.9. The summed E-state index contributed by atoms with van der Waals surface area (Å²) < 4.78 is 0. The Kier molecular flexibility index (Phi) is 15.6. The molecule has 51 heavy (non-hydrogen) atoms. The molecule has 11 N–H and O–H groups in total. The van der Waals surface area contributed by atoms with Gasteiger partial charge in [0.2, 0.25) is 23.6 Å². The van der Waals surface area contributed by atoms with E-state index in [1.165, 1.54) is 0 Å². The Bertz CT molecular complexity index is 1640. The van der Waals surface area contributed by atoms with Gasteiger partial charge in [0.1, 0.15) is 24.2 Å². The van der Waals surface area contributed by atoms with Crippen LogP contribution in [0.1, 0.15) is 57.1 Å². The van der Waals surface area contributed by atoms with E-state index in [1.807, 2.05) is 32.0 Å². The molecule has 0 saturated heterocycles. The largest absolute Gasteiger partial charge is 0.481 e. The number of para-hydroxylation sites is 1. The molecule has 1 heterocycles. The Morgan fingerprint density at radius 1 is 0.725 bits per heavy atom. The molecule has 0 saturated carbocycles. The zero-order chi connectivity index (χ0) is 37.5. The number of nitrogens with two attached hydrogens (primary N) is 2. The zero-order valence-electron chi connectivity index (χ0n) is 28.9. The summed E-state index contributed by atoms with van der Waals surface area (Å²) in [5.41, 5.74) is 13.8. The van der Waals surface area contributed by atoms with Crippen molar-refractivity contribution in [1.82, 2.24) is 26.3 Å². The van der Waals surface area contributed by atoms with E-state index < -0.39 is 72.2 Å². The zero-order valence-corrected chi connectivity index (χ0v) is 28.9. The fraction of sp³-hybridized carbons (Fsp3) is 0.444. The van der Waals surface area contributed by atoms with E-state index in [0.29, 0.717) is 24.9 Å². The van der Waals surface area contributed by atoms with E-state index in [9.17, 15) is 39.0 Å². The SMILES string of the molecule is CC(C)C[C@H](NC(=O)[C@H](Cc1c[nH]c2ccccc12)NC(=O)[C@H](CC(=O)O)NC(=O)[C@@H](N)Cc1ccccc1)C(=O)N[C@@H](CCCCN)C(=O)O. The van der Waals surface area contributed by atoms with Gasteiger partial charge >= 0.3 is 11.9 Å². The van der Waals surface area contributed by atoms with Crippen molar-refractivity contribution in [1.29, 1.82) is 0 Å². The van der Waals surface area contributed by atoms with Crippen LogP contribution in [0.25, 0.3) is 10.9 Å². The summed E-state index contributed by atoms with van der Waals surface area (Å²) >= 11 is 0. The number of unbranched alkanes of at least 4 members (excludes halogenated alkanes) is 1. The molecule has 0 aliphatic rings. The molecule has 0 radical (unpaired) electrons. The third-order valence-corrected chi connectivity index (χ3v) is 8.28. The lowest BCUT2D eigenvalue weighted by atomic mass is 9.99. The Morgan fingerprint density at radius 2 is 1.31 bits per heavy atom. The first-order valence-corrected chi connectivity index (χ1v) is 17.0. The molecule has 0 spiro atoms.